The molecule has 0 unspecified atom stereocenters. The summed E-state index contributed by atoms with van der Waals surface area (Å²) in [6.45, 7) is 1.09. The van der Waals surface area contributed by atoms with E-state index in [1.165, 1.54) is 11.3 Å². The van der Waals surface area contributed by atoms with Crippen LogP contribution < -0.4 is 19.5 Å². The third-order valence-corrected chi connectivity index (χ3v) is 6.15. The minimum absolute atomic E-state index is 0.215. The number of anilines is 1. The minimum Gasteiger partial charge on any atom is -0.489 e. The second kappa shape index (κ2) is 8.94. The van der Waals surface area contributed by atoms with Crippen molar-refractivity contribution >= 4 is 34.7 Å². The van der Waals surface area contributed by atoms with Gasteiger partial charge < -0.3 is 19.5 Å². The van der Waals surface area contributed by atoms with Crippen molar-refractivity contribution in [2.75, 3.05) is 12.1 Å². The topological polar surface area (TPSA) is 74.6 Å². The summed E-state index contributed by atoms with van der Waals surface area (Å²) in [4.78, 5) is 13.2. The summed E-state index contributed by atoms with van der Waals surface area (Å²) in [6, 6.07) is 16.6. The van der Waals surface area contributed by atoms with E-state index >= 15 is 0 Å². The third-order valence-electron chi connectivity index (χ3n) is 4.80. The van der Waals surface area contributed by atoms with E-state index in [0.29, 0.717) is 46.1 Å². The lowest BCUT2D eigenvalue weighted by atomic mass is 10.2. The van der Waals surface area contributed by atoms with Gasteiger partial charge in [0.1, 0.15) is 12.4 Å². The summed E-state index contributed by atoms with van der Waals surface area (Å²) < 4.78 is 18.2. The molecule has 1 aliphatic heterocycles. The number of fused-ring (bicyclic) bond motifs is 1. The van der Waals surface area contributed by atoms with Crippen LogP contribution in [-0.4, -0.2) is 22.5 Å². The molecular formula is C23H18ClN3O4S. The predicted molar refractivity (Wildman–Crippen MR) is 122 cm³/mol. The number of benzene rings is 2. The second-order valence-electron chi connectivity index (χ2n) is 7.07. The first-order valence-corrected chi connectivity index (χ1v) is 11.1. The van der Waals surface area contributed by atoms with Crippen LogP contribution in [0, 0.1) is 0 Å². The van der Waals surface area contributed by atoms with Gasteiger partial charge in [0, 0.05) is 28.9 Å². The van der Waals surface area contributed by atoms with Crippen molar-refractivity contribution in [3.8, 4) is 17.2 Å². The zero-order chi connectivity index (χ0) is 21.9. The Balaban J connectivity index is 1.17. The molecule has 32 heavy (non-hydrogen) atoms. The van der Waals surface area contributed by atoms with E-state index in [-0.39, 0.29) is 12.7 Å². The smallest absolute Gasteiger partial charge is 0.266 e. The van der Waals surface area contributed by atoms with Crippen LogP contribution in [-0.2, 0) is 13.2 Å². The Bertz CT molecular complexity index is 1270. The summed E-state index contributed by atoms with van der Waals surface area (Å²) in [5.74, 6) is 2.32. The van der Waals surface area contributed by atoms with Crippen LogP contribution in [0.3, 0.4) is 0 Å². The van der Waals surface area contributed by atoms with Crippen LogP contribution in [0.2, 0.25) is 5.02 Å². The van der Waals surface area contributed by atoms with E-state index in [0.717, 1.165) is 11.1 Å². The fourth-order valence-corrected chi connectivity index (χ4v) is 4.19. The zero-order valence-electron chi connectivity index (χ0n) is 16.8. The van der Waals surface area contributed by atoms with Gasteiger partial charge in [-0.1, -0.05) is 29.8 Å². The van der Waals surface area contributed by atoms with E-state index < -0.39 is 0 Å². The molecule has 1 aliphatic rings. The van der Waals surface area contributed by atoms with Crippen molar-refractivity contribution in [3.63, 3.8) is 0 Å². The number of rotatable bonds is 7. The predicted octanol–water partition coefficient (Wildman–Crippen LogP) is 5.21. The monoisotopic (exact) mass is 467 g/mol. The molecule has 0 spiro atoms. The van der Waals surface area contributed by atoms with Crippen LogP contribution in [0.5, 0.6) is 17.2 Å². The number of nitrogens with zero attached hydrogens (tertiary/aromatic N) is 2. The van der Waals surface area contributed by atoms with E-state index in [1.54, 1.807) is 23.0 Å². The highest BCUT2D eigenvalue weighted by Crippen LogP contribution is 2.35. The molecule has 2 aromatic heterocycles. The summed E-state index contributed by atoms with van der Waals surface area (Å²) in [6.07, 6.45) is 1.80. The molecule has 0 aliphatic carbocycles. The largest absolute Gasteiger partial charge is 0.489 e. The van der Waals surface area contributed by atoms with Crippen LogP contribution in [0.4, 0.5) is 5.82 Å². The Kier molecular flexibility index (Phi) is 5.70. The van der Waals surface area contributed by atoms with Gasteiger partial charge in [0.2, 0.25) is 6.79 Å². The van der Waals surface area contributed by atoms with Crippen LogP contribution in [0.1, 0.15) is 20.8 Å². The quantitative estimate of drug-likeness (QED) is 0.404. The molecule has 0 bridgehead atoms. The van der Waals surface area contributed by atoms with Gasteiger partial charge in [-0.3, -0.25) is 9.48 Å². The lowest BCUT2D eigenvalue weighted by molar-refractivity contribution is 0.103. The molecule has 0 saturated carbocycles. The van der Waals surface area contributed by atoms with Crippen LogP contribution in [0.15, 0.2) is 66.2 Å². The SMILES string of the molecule is O=C(Nc1ccn(Cc2ccccc2Cl)n1)c1cc(COc2ccc3c(c2)OCO3)cs1. The first-order chi connectivity index (χ1) is 15.6. The maximum atomic E-state index is 12.6. The van der Waals surface area contributed by atoms with Gasteiger partial charge in [0.15, 0.2) is 17.3 Å². The maximum Gasteiger partial charge on any atom is 0.266 e. The number of nitrogens with one attached hydrogen (secondary N) is 1. The van der Waals surface area contributed by atoms with E-state index in [2.05, 4.69) is 10.4 Å². The number of hydrogen-bond donors (Lipinski definition) is 1. The van der Waals surface area contributed by atoms with E-state index in [4.69, 9.17) is 25.8 Å². The normalized spacial score (nSPS) is 12.0. The number of thiophene rings is 1. The number of ether oxygens (including phenoxy) is 3. The molecule has 0 saturated heterocycles. The zero-order valence-corrected chi connectivity index (χ0v) is 18.4. The molecule has 162 valence electrons. The Morgan fingerprint density at radius 1 is 1.16 bits per heavy atom. The molecule has 0 atom stereocenters. The lowest BCUT2D eigenvalue weighted by Gasteiger charge is -2.05. The number of carbonyl (C=O) groups excluding carboxylic acids is 1. The Morgan fingerprint density at radius 3 is 2.94 bits per heavy atom. The van der Waals surface area contributed by atoms with Gasteiger partial charge in [0.25, 0.3) is 5.91 Å². The number of carbonyl (C=O) groups is 1. The number of aromatic nitrogens is 2. The van der Waals surface area contributed by atoms with Crippen molar-refractivity contribution in [3.05, 3.63) is 87.2 Å². The first-order valence-electron chi connectivity index (χ1n) is 9.82. The van der Waals surface area contributed by atoms with Crippen LogP contribution in [0.25, 0.3) is 0 Å². The van der Waals surface area contributed by atoms with Gasteiger partial charge in [0.05, 0.1) is 11.4 Å². The summed E-state index contributed by atoms with van der Waals surface area (Å²) in [5.41, 5.74) is 1.86. The Labute approximate surface area is 193 Å². The van der Waals surface area contributed by atoms with Crippen molar-refractivity contribution < 1.29 is 19.0 Å². The summed E-state index contributed by atoms with van der Waals surface area (Å²) >= 11 is 7.56. The number of halogens is 1. The molecule has 7 nitrogen and oxygen atoms in total. The van der Waals surface area contributed by atoms with Crippen molar-refractivity contribution in [2.24, 2.45) is 0 Å². The maximum absolute atomic E-state index is 12.6. The van der Waals surface area contributed by atoms with Gasteiger partial charge in [-0.25, -0.2) is 0 Å². The third kappa shape index (κ3) is 4.56. The summed E-state index contributed by atoms with van der Waals surface area (Å²) in [7, 11) is 0. The van der Waals surface area contributed by atoms with E-state index in [1.807, 2.05) is 47.8 Å². The standard InChI is InChI=1S/C23H18ClN3O4S/c24-18-4-2-1-3-16(18)11-27-8-7-22(26-27)25-23(28)21-9-15(13-32-21)12-29-17-5-6-19-20(10-17)31-14-30-19/h1-10,13H,11-12,14H2,(H,25,26,28). The van der Waals surface area contributed by atoms with Crippen LogP contribution >= 0.6 is 22.9 Å². The summed E-state index contributed by atoms with van der Waals surface area (Å²) in [5, 5.41) is 9.82. The highest BCUT2D eigenvalue weighted by Gasteiger charge is 2.15. The molecule has 2 aromatic carbocycles. The van der Waals surface area contributed by atoms with Gasteiger partial charge in [-0.15, -0.1) is 11.3 Å². The Morgan fingerprint density at radius 2 is 2.03 bits per heavy atom. The first kappa shape index (κ1) is 20.4. The van der Waals surface area contributed by atoms with Gasteiger partial charge in [-0.2, -0.15) is 5.10 Å². The minimum atomic E-state index is -0.215. The van der Waals surface area contributed by atoms with Crippen molar-refractivity contribution in [1.82, 2.24) is 9.78 Å². The number of amides is 1. The molecule has 1 amide bonds. The number of hydrogen-bond acceptors (Lipinski definition) is 6. The molecular weight excluding hydrogens is 450 g/mol. The molecule has 3 heterocycles. The molecule has 1 N–H and O–H groups in total. The fraction of sp³-hybridized carbons (Fsp3) is 0.130. The molecule has 9 heteroatoms. The van der Waals surface area contributed by atoms with Crippen molar-refractivity contribution in [1.29, 1.82) is 0 Å². The van der Waals surface area contributed by atoms with Gasteiger partial charge in [-0.05, 0) is 35.2 Å². The average molecular weight is 468 g/mol. The molecule has 0 radical (unpaired) electrons. The average Bonchev–Trinajstić information content (AvgIpc) is 3.54. The molecule has 0 fully saturated rings. The van der Waals surface area contributed by atoms with E-state index in [9.17, 15) is 4.79 Å². The van der Waals surface area contributed by atoms with Gasteiger partial charge >= 0.3 is 0 Å². The molecule has 5 rings (SSSR count). The fourth-order valence-electron chi connectivity index (χ4n) is 3.20. The second-order valence-corrected chi connectivity index (χ2v) is 8.39. The van der Waals surface area contributed by atoms with Crippen molar-refractivity contribution in [2.45, 2.75) is 13.2 Å². The lowest BCUT2D eigenvalue weighted by Crippen LogP contribution is -2.11. The molecule has 4 aromatic rings. The highest BCUT2D eigenvalue weighted by molar-refractivity contribution is 7.12. The highest BCUT2D eigenvalue weighted by atomic mass is 35.5. The Hall–Kier alpha value is -3.49.